The molecule has 5 heteroatoms. The second-order valence-electron chi connectivity index (χ2n) is 7.02. The molecule has 1 aliphatic heterocycles. The van der Waals surface area contributed by atoms with Gasteiger partial charge in [-0.3, -0.25) is 4.79 Å². The molecule has 3 aromatic rings. The van der Waals surface area contributed by atoms with E-state index in [1.165, 1.54) is 11.8 Å². The summed E-state index contributed by atoms with van der Waals surface area (Å²) in [6.07, 6.45) is 5.13. The van der Waals surface area contributed by atoms with E-state index in [0.29, 0.717) is 18.2 Å². The van der Waals surface area contributed by atoms with E-state index in [9.17, 15) is 4.79 Å². The van der Waals surface area contributed by atoms with E-state index in [-0.39, 0.29) is 11.8 Å². The Hall–Kier alpha value is -2.56. The van der Waals surface area contributed by atoms with Gasteiger partial charge in [-0.2, -0.15) is 0 Å². The smallest absolute Gasteiger partial charge is 0.257 e. The van der Waals surface area contributed by atoms with Gasteiger partial charge in [0.25, 0.3) is 5.91 Å². The monoisotopic (exact) mass is 337 g/mol. The van der Waals surface area contributed by atoms with E-state index in [0.717, 1.165) is 30.7 Å². The van der Waals surface area contributed by atoms with Crippen LogP contribution in [0.5, 0.6) is 0 Å². The van der Waals surface area contributed by atoms with Crippen molar-refractivity contribution in [2.75, 3.05) is 13.1 Å². The lowest BCUT2D eigenvalue weighted by atomic mass is 9.96. The maximum absolute atomic E-state index is 12.7. The van der Waals surface area contributed by atoms with Crippen molar-refractivity contribution in [2.24, 2.45) is 0 Å². The fourth-order valence-corrected chi connectivity index (χ4v) is 3.83. The molecule has 1 atom stereocenters. The minimum atomic E-state index is 0.0469. The largest absolute Gasteiger partial charge is 0.472 e. The van der Waals surface area contributed by atoms with Gasteiger partial charge in [0, 0.05) is 25.0 Å². The summed E-state index contributed by atoms with van der Waals surface area (Å²) < 4.78 is 7.39. The summed E-state index contributed by atoms with van der Waals surface area (Å²) in [6.45, 7) is 5.88. The number of fused-ring (bicyclic) bond motifs is 1. The fourth-order valence-electron chi connectivity index (χ4n) is 3.83. The number of imidazole rings is 1. The van der Waals surface area contributed by atoms with Crippen molar-refractivity contribution >= 4 is 16.9 Å². The van der Waals surface area contributed by atoms with Crippen molar-refractivity contribution < 1.29 is 9.21 Å². The van der Waals surface area contributed by atoms with Crippen LogP contribution in [0.3, 0.4) is 0 Å². The third kappa shape index (κ3) is 2.84. The van der Waals surface area contributed by atoms with Gasteiger partial charge in [0.1, 0.15) is 12.1 Å². The Labute approximate surface area is 147 Å². The number of hydrogen-bond donors (Lipinski definition) is 0. The zero-order chi connectivity index (χ0) is 17.4. The molecule has 4 rings (SSSR count). The van der Waals surface area contributed by atoms with E-state index in [1.807, 2.05) is 11.0 Å². The Bertz CT molecular complexity index is 880. The topological polar surface area (TPSA) is 51.3 Å². The Morgan fingerprint density at radius 2 is 2.12 bits per heavy atom. The predicted octanol–water partition coefficient (Wildman–Crippen LogP) is 4.23. The number of para-hydroxylation sites is 2. The van der Waals surface area contributed by atoms with Gasteiger partial charge >= 0.3 is 0 Å². The predicted molar refractivity (Wildman–Crippen MR) is 96.7 cm³/mol. The molecular weight excluding hydrogens is 314 g/mol. The zero-order valence-electron chi connectivity index (χ0n) is 14.7. The first-order valence-electron chi connectivity index (χ1n) is 8.93. The highest BCUT2D eigenvalue weighted by Crippen LogP contribution is 2.32. The Morgan fingerprint density at radius 3 is 2.88 bits per heavy atom. The number of aromatic nitrogens is 2. The normalized spacial score (nSPS) is 18.2. The zero-order valence-corrected chi connectivity index (χ0v) is 14.7. The average molecular weight is 337 g/mol. The lowest BCUT2D eigenvalue weighted by molar-refractivity contribution is 0.0702. The van der Waals surface area contributed by atoms with Gasteiger partial charge < -0.3 is 13.9 Å². The first-order chi connectivity index (χ1) is 12.1. The van der Waals surface area contributed by atoms with Gasteiger partial charge in [0.15, 0.2) is 0 Å². The van der Waals surface area contributed by atoms with E-state index in [1.54, 1.807) is 12.3 Å². The van der Waals surface area contributed by atoms with Gasteiger partial charge in [-0.1, -0.05) is 12.1 Å². The molecule has 25 heavy (non-hydrogen) atoms. The minimum absolute atomic E-state index is 0.0469. The number of furan rings is 1. The molecular formula is C20H23N3O2. The van der Waals surface area contributed by atoms with Crippen LogP contribution in [0.4, 0.5) is 0 Å². The Morgan fingerprint density at radius 1 is 1.28 bits per heavy atom. The minimum Gasteiger partial charge on any atom is -0.472 e. The van der Waals surface area contributed by atoms with Crippen LogP contribution in [0.1, 0.15) is 54.8 Å². The molecule has 2 aromatic heterocycles. The summed E-state index contributed by atoms with van der Waals surface area (Å²) >= 11 is 0. The third-order valence-corrected chi connectivity index (χ3v) is 4.98. The summed E-state index contributed by atoms with van der Waals surface area (Å²) in [5, 5.41) is 0. The second-order valence-corrected chi connectivity index (χ2v) is 7.02. The molecule has 130 valence electrons. The number of hydrogen-bond acceptors (Lipinski definition) is 3. The molecule has 0 radical (unpaired) electrons. The van der Waals surface area contributed by atoms with Crippen molar-refractivity contribution in [2.45, 2.75) is 38.6 Å². The number of piperidine rings is 1. The molecule has 5 nitrogen and oxygen atoms in total. The second kappa shape index (κ2) is 6.39. The summed E-state index contributed by atoms with van der Waals surface area (Å²) in [5.74, 6) is 1.41. The molecule has 0 spiro atoms. The van der Waals surface area contributed by atoms with Crippen LogP contribution in [0.2, 0.25) is 0 Å². The fraction of sp³-hybridized carbons (Fsp3) is 0.400. The molecule has 0 N–H and O–H groups in total. The van der Waals surface area contributed by atoms with Crippen LogP contribution in [0, 0.1) is 0 Å². The molecule has 0 aliphatic carbocycles. The number of carbonyl (C=O) groups is 1. The molecule has 0 unspecified atom stereocenters. The van der Waals surface area contributed by atoms with E-state index >= 15 is 0 Å². The average Bonchev–Trinajstić information content (AvgIpc) is 3.28. The van der Waals surface area contributed by atoms with Gasteiger partial charge in [-0.15, -0.1) is 0 Å². The van der Waals surface area contributed by atoms with E-state index in [2.05, 4.69) is 36.6 Å². The van der Waals surface area contributed by atoms with Crippen LogP contribution in [0.25, 0.3) is 11.0 Å². The summed E-state index contributed by atoms with van der Waals surface area (Å²) in [7, 11) is 0. The lowest BCUT2D eigenvalue weighted by Crippen LogP contribution is -2.39. The number of likely N-dealkylation sites (tertiary alicyclic amines) is 1. The van der Waals surface area contributed by atoms with Crippen molar-refractivity contribution in [3.05, 3.63) is 54.2 Å². The number of benzene rings is 1. The van der Waals surface area contributed by atoms with Crippen molar-refractivity contribution in [3.63, 3.8) is 0 Å². The molecule has 1 saturated heterocycles. The van der Waals surface area contributed by atoms with Crippen LogP contribution in [-0.4, -0.2) is 33.4 Å². The molecule has 1 aromatic carbocycles. The number of carbonyl (C=O) groups excluding carboxylic acids is 1. The summed E-state index contributed by atoms with van der Waals surface area (Å²) in [6, 6.07) is 10.3. The molecule has 3 heterocycles. The van der Waals surface area contributed by atoms with Crippen molar-refractivity contribution in [1.29, 1.82) is 0 Å². The quantitative estimate of drug-likeness (QED) is 0.718. The maximum Gasteiger partial charge on any atom is 0.257 e. The maximum atomic E-state index is 12.7. The van der Waals surface area contributed by atoms with Gasteiger partial charge in [0.2, 0.25) is 0 Å². The van der Waals surface area contributed by atoms with Crippen molar-refractivity contribution in [3.8, 4) is 0 Å². The molecule has 1 fully saturated rings. The van der Waals surface area contributed by atoms with Crippen LogP contribution in [-0.2, 0) is 0 Å². The standard InChI is InChI=1S/C20H23N3O2/c1-14(2)23-18-8-4-3-7-17(18)21-19(23)15-6-5-10-22(12-15)20(24)16-9-11-25-13-16/h3-4,7-9,11,13-15H,5-6,10,12H2,1-2H3/t15-/m0/s1. The summed E-state index contributed by atoms with van der Waals surface area (Å²) in [4.78, 5) is 19.5. The lowest BCUT2D eigenvalue weighted by Gasteiger charge is -2.33. The number of rotatable bonds is 3. The molecule has 1 aliphatic rings. The van der Waals surface area contributed by atoms with Crippen LogP contribution >= 0.6 is 0 Å². The van der Waals surface area contributed by atoms with Crippen molar-refractivity contribution in [1.82, 2.24) is 14.5 Å². The molecule has 1 amide bonds. The van der Waals surface area contributed by atoms with Crippen LogP contribution in [0.15, 0.2) is 47.3 Å². The first kappa shape index (κ1) is 15.9. The Kier molecular flexibility index (Phi) is 4.07. The SMILES string of the molecule is CC(C)n1c([C@H]2CCCN(C(=O)c3ccoc3)C2)nc2ccccc21. The molecule has 0 bridgehead atoms. The Balaban J connectivity index is 1.66. The first-order valence-corrected chi connectivity index (χ1v) is 8.93. The van der Waals surface area contributed by atoms with E-state index in [4.69, 9.17) is 9.40 Å². The third-order valence-electron chi connectivity index (χ3n) is 4.98. The highest BCUT2D eigenvalue weighted by Gasteiger charge is 2.29. The van der Waals surface area contributed by atoms with Gasteiger partial charge in [0.05, 0.1) is 22.9 Å². The number of amides is 1. The van der Waals surface area contributed by atoms with Gasteiger partial charge in [-0.25, -0.2) is 4.98 Å². The highest BCUT2D eigenvalue weighted by molar-refractivity contribution is 5.93. The van der Waals surface area contributed by atoms with E-state index < -0.39 is 0 Å². The number of nitrogens with zero attached hydrogens (tertiary/aromatic N) is 3. The summed E-state index contributed by atoms with van der Waals surface area (Å²) in [5.41, 5.74) is 2.83. The van der Waals surface area contributed by atoms with Gasteiger partial charge in [-0.05, 0) is 44.9 Å². The molecule has 0 saturated carbocycles. The van der Waals surface area contributed by atoms with Crippen LogP contribution < -0.4 is 0 Å². The highest BCUT2D eigenvalue weighted by atomic mass is 16.3.